The van der Waals surface area contributed by atoms with Crippen molar-refractivity contribution in [1.82, 2.24) is 9.88 Å². The minimum Gasteiger partial charge on any atom is -0.394 e. The fourth-order valence-corrected chi connectivity index (χ4v) is 2.20. The van der Waals surface area contributed by atoms with Crippen molar-refractivity contribution in [3.63, 3.8) is 0 Å². The number of morpholine rings is 1. The number of carbonyl (C=O) groups excluding carboxylic acids is 1. The van der Waals surface area contributed by atoms with Crippen molar-refractivity contribution in [3.8, 4) is 0 Å². The van der Waals surface area contributed by atoms with Crippen LogP contribution in [0, 0.1) is 0 Å². The van der Waals surface area contributed by atoms with E-state index in [-0.39, 0.29) is 24.7 Å². The first kappa shape index (κ1) is 13.3. The summed E-state index contributed by atoms with van der Waals surface area (Å²) in [5.41, 5.74) is 0.380. The summed E-state index contributed by atoms with van der Waals surface area (Å²) in [5.74, 6) is -0.179. The highest BCUT2D eigenvalue weighted by Crippen LogP contribution is 2.19. The monoisotopic (exact) mass is 270 g/mol. The van der Waals surface area contributed by atoms with Gasteiger partial charge in [0.25, 0.3) is 5.91 Å². The van der Waals surface area contributed by atoms with Crippen LogP contribution in [-0.4, -0.2) is 52.8 Å². The number of carbonyl (C=O) groups is 1. The molecule has 2 unspecified atom stereocenters. The molecule has 2 atom stereocenters. The standard InChI is InChI=1S/C12H15ClN2O3/c1-8-5-15(6-9(7-16)18-8)12(17)10-4-14-3-2-11(10)13/h2-4,8-9,16H,5-7H2,1H3. The molecule has 0 aliphatic carbocycles. The van der Waals surface area contributed by atoms with E-state index >= 15 is 0 Å². The van der Waals surface area contributed by atoms with Crippen molar-refractivity contribution < 1.29 is 14.6 Å². The third-order valence-electron chi connectivity index (χ3n) is 2.82. The summed E-state index contributed by atoms with van der Waals surface area (Å²) in [6.45, 7) is 2.62. The fourth-order valence-electron chi connectivity index (χ4n) is 2.02. The van der Waals surface area contributed by atoms with Crippen molar-refractivity contribution in [2.45, 2.75) is 19.1 Å². The van der Waals surface area contributed by atoms with Crippen molar-refractivity contribution in [2.75, 3.05) is 19.7 Å². The quantitative estimate of drug-likeness (QED) is 0.869. The molecular weight excluding hydrogens is 256 g/mol. The van der Waals surface area contributed by atoms with Crippen molar-refractivity contribution in [3.05, 3.63) is 29.0 Å². The van der Waals surface area contributed by atoms with E-state index in [1.807, 2.05) is 6.92 Å². The molecule has 1 amide bonds. The van der Waals surface area contributed by atoms with Crippen LogP contribution in [-0.2, 0) is 4.74 Å². The number of pyridine rings is 1. The van der Waals surface area contributed by atoms with Crippen LogP contribution in [0.5, 0.6) is 0 Å². The van der Waals surface area contributed by atoms with Gasteiger partial charge in [0.2, 0.25) is 0 Å². The molecule has 0 saturated carbocycles. The number of amides is 1. The van der Waals surface area contributed by atoms with Crippen LogP contribution in [0.4, 0.5) is 0 Å². The average molecular weight is 271 g/mol. The maximum atomic E-state index is 12.3. The van der Waals surface area contributed by atoms with Gasteiger partial charge in [0.1, 0.15) is 0 Å². The molecule has 1 N–H and O–H groups in total. The predicted molar refractivity (Wildman–Crippen MR) is 66.6 cm³/mol. The summed E-state index contributed by atoms with van der Waals surface area (Å²) < 4.78 is 5.49. The van der Waals surface area contributed by atoms with E-state index in [1.54, 1.807) is 11.0 Å². The fraction of sp³-hybridized carbons (Fsp3) is 0.500. The van der Waals surface area contributed by atoms with Crippen LogP contribution < -0.4 is 0 Å². The molecule has 1 aromatic heterocycles. The molecule has 6 heteroatoms. The minimum atomic E-state index is -0.340. The van der Waals surface area contributed by atoms with E-state index in [9.17, 15) is 4.79 Å². The largest absolute Gasteiger partial charge is 0.394 e. The molecule has 0 aromatic carbocycles. The average Bonchev–Trinajstić information content (AvgIpc) is 2.37. The molecule has 1 saturated heterocycles. The van der Waals surface area contributed by atoms with E-state index in [4.69, 9.17) is 21.4 Å². The molecule has 2 rings (SSSR count). The van der Waals surface area contributed by atoms with E-state index in [0.29, 0.717) is 23.7 Å². The van der Waals surface area contributed by atoms with E-state index in [1.165, 1.54) is 12.4 Å². The maximum absolute atomic E-state index is 12.3. The van der Waals surface area contributed by atoms with Crippen LogP contribution in [0.25, 0.3) is 0 Å². The van der Waals surface area contributed by atoms with E-state index in [2.05, 4.69) is 4.98 Å². The normalized spacial score (nSPS) is 24.1. The molecule has 1 aliphatic heterocycles. The van der Waals surface area contributed by atoms with Crippen LogP contribution in [0.3, 0.4) is 0 Å². The van der Waals surface area contributed by atoms with Gasteiger partial charge in [0.15, 0.2) is 0 Å². The number of nitrogens with zero attached hydrogens (tertiary/aromatic N) is 2. The zero-order valence-corrected chi connectivity index (χ0v) is 10.8. The molecule has 0 radical (unpaired) electrons. The van der Waals surface area contributed by atoms with Gasteiger partial charge in [-0.2, -0.15) is 0 Å². The minimum absolute atomic E-state index is 0.102. The summed E-state index contributed by atoms with van der Waals surface area (Å²) in [4.78, 5) is 17.8. The molecular formula is C12H15ClN2O3. The molecule has 2 heterocycles. The zero-order chi connectivity index (χ0) is 13.1. The Hall–Kier alpha value is -1.17. The molecule has 98 valence electrons. The molecule has 1 aromatic rings. The number of aliphatic hydroxyl groups excluding tert-OH is 1. The lowest BCUT2D eigenvalue weighted by Gasteiger charge is -2.36. The van der Waals surface area contributed by atoms with Crippen molar-refractivity contribution in [1.29, 1.82) is 0 Å². The maximum Gasteiger partial charge on any atom is 0.257 e. The SMILES string of the molecule is CC1CN(C(=O)c2cnccc2Cl)CC(CO)O1. The lowest BCUT2D eigenvalue weighted by molar-refractivity contribution is -0.0858. The Morgan fingerprint density at radius 2 is 2.44 bits per heavy atom. The Balaban J connectivity index is 2.16. The summed E-state index contributed by atoms with van der Waals surface area (Å²) in [6.07, 6.45) is 2.56. The number of rotatable bonds is 2. The van der Waals surface area contributed by atoms with Gasteiger partial charge in [-0.3, -0.25) is 9.78 Å². The van der Waals surface area contributed by atoms with Gasteiger partial charge in [-0.25, -0.2) is 0 Å². The third kappa shape index (κ3) is 2.80. The van der Waals surface area contributed by atoms with Crippen LogP contribution in [0.1, 0.15) is 17.3 Å². The molecule has 1 fully saturated rings. The van der Waals surface area contributed by atoms with Gasteiger partial charge in [-0.15, -0.1) is 0 Å². The van der Waals surface area contributed by atoms with Crippen LogP contribution in [0.2, 0.25) is 5.02 Å². The number of hydrogen-bond acceptors (Lipinski definition) is 4. The Labute approximate surface area is 110 Å². The Morgan fingerprint density at radius 3 is 3.11 bits per heavy atom. The first-order valence-electron chi connectivity index (χ1n) is 5.77. The molecule has 5 nitrogen and oxygen atoms in total. The third-order valence-corrected chi connectivity index (χ3v) is 3.14. The Morgan fingerprint density at radius 1 is 1.67 bits per heavy atom. The van der Waals surface area contributed by atoms with Gasteiger partial charge in [0.05, 0.1) is 29.4 Å². The van der Waals surface area contributed by atoms with Crippen LogP contribution in [0.15, 0.2) is 18.5 Å². The second-order valence-electron chi connectivity index (χ2n) is 4.32. The van der Waals surface area contributed by atoms with Gasteiger partial charge in [-0.05, 0) is 13.0 Å². The topological polar surface area (TPSA) is 62.7 Å². The van der Waals surface area contributed by atoms with E-state index < -0.39 is 0 Å². The zero-order valence-electron chi connectivity index (χ0n) is 10.0. The number of aromatic nitrogens is 1. The van der Waals surface area contributed by atoms with E-state index in [0.717, 1.165) is 0 Å². The predicted octanol–water partition coefficient (Wildman–Crippen LogP) is 0.957. The highest BCUT2D eigenvalue weighted by Gasteiger charge is 2.29. The highest BCUT2D eigenvalue weighted by molar-refractivity contribution is 6.33. The second kappa shape index (κ2) is 5.65. The van der Waals surface area contributed by atoms with Gasteiger partial charge in [0, 0.05) is 25.5 Å². The van der Waals surface area contributed by atoms with Crippen LogP contribution >= 0.6 is 11.6 Å². The Kier molecular flexibility index (Phi) is 4.16. The number of hydrogen-bond donors (Lipinski definition) is 1. The number of aliphatic hydroxyl groups is 1. The summed E-state index contributed by atoms with van der Waals surface area (Å²) in [7, 11) is 0. The first-order chi connectivity index (χ1) is 8.61. The number of halogens is 1. The molecule has 0 spiro atoms. The van der Waals surface area contributed by atoms with Crippen molar-refractivity contribution in [2.24, 2.45) is 0 Å². The summed E-state index contributed by atoms with van der Waals surface area (Å²) in [6, 6.07) is 1.59. The number of ether oxygens (including phenoxy) is 1. The summed E-state index contributed by atoms with van der Waals surface area (Å²) in [5, 5.41) is 9.52. The molecule has 0 bridgehead atoms. The van der Waals surface area contributed by atoms with Crippen molar-refractivity contribution >= 4 is 17.5 Å². The summed E-state index contributed by atoms with van der Waals surface area (Å²) >= 11 is 5.98. The smallest absolute Gasteiger partial charge is 0.257 e. The van der Waals surface area contributed by atoms with Gasteiger partial charge >= 0.3 is 0 Å². The second-order valence-corrected chi connectivity index (χ2v) is 4.72. The Bertz CT molecular complexity index is 441. The lowest BCUT2D eigenvalue weighted by Crippen LogP contribution is -2.50. The molecule has 1 aliphatic rings. The highest BCUT2D eigenvalue weighted by atomic mass is 35.5. The molecule has 18 heavy (non-hydrogen) atoms. The van der Waals surface area contributed by atoms with Gasteiger partial charge in [-0.1, -0.05) is 11.6 Å². The lowest BCUT2D eigenvalue weighted by atomic mass is 10.2. The van der Waals surface area contributed by atoms with Gasteiger partial charge < -0.3 is 14.7 Å². The first-order valence-corrected chi connectivity index (χ1v) is 6.14.